The second kappa shape index (κ2) is 5.03. The first kappa shape index (κ1) is 11.0. The summed E-state index contributed by atoms with van der Waals surface area (Å²) in [5.41, 5.74) is 2.08. The van der Waals surface area contributed by atoms with Crippen LogP contribution in [0.5, 0.6) is 0 Å². The molecule has 2 heterocycles. The summed E-state index contributed by atoms with van der Waals surface area (Å²) in [5.74, 6) is 0.576. The van der Waals surface area contributed by atoms with Gasteiger partial charge >= 0.3 is 0 Å². The maximum atomic E-state index is 8.81. The molecular weight excluding hydrogens is 214 g/mol. The number of nitrogens with zero attached hydrogens (tertiary/aromatic N) is 4. The third kappa shape index (κ3) is 2.55. The molecule has 0 aliphatic heterocycles. The van der Waals surface area contributed by atoms with Gasteiger partial charge in [0.05, 0.1) is 11.3 Å². The van der Waals surface area contributed by atoms with Crippen LogP contribution < -0.4 is 5.32 Å². The molecule has 0 aromatic carbocycles. The zero-order valence-electron chi connectivity index (χ0n) is 9.38. The predicted molar refractivity (Wildman–Crippen MR) is 64.1 cm³/mol. The molecule has 0 saturated carbocycles. The largest absolute Gasteiger partial charge is 0.354 e. The number of anilines is 1. The number of pyridine rings is 1. The fourth-order valence-corrected chi connectivity index (χ4v) is 1.40. The number of nitriles is 1. The highest BCUT2D eigenvalue weighted by Gasteiger charge is 2.03. The third-order valence-electron chi connectivity index (χ3n) is 2.15. The van der Waals surface area contributed by atoms with Crippen LogP contribution in [0.3, 0.4) is 0 Å². The van der Waals surface area contributed by atoms with E-state index >= 15 is 0 Å². The summed E-state index contributed by atoms with van der Waals surface area (Å²) in [6, 6.07) is 5.60. The maximum absolute atomic E-state index is 8.81. The summed E-state index contributed by atoms with van der Waals surface area (Å²) in [6.45, 7) is 2.74. The van der Waals surface area contributed by atoms with Gasteiger partial charge in [0.15, 0.2) is 0 Å². The van der Waals surface area contributed by atoms with Crippen LogP contribution in [0.4, 0.5) is 5.95 Å². The molecule has 84 valence electrons. The second-order valence-corrected chi connectivity index (χ2v) is 3.37. The number of hydrogen-bond donors (Lipinski definition) is 1. The molecule has 0 saturated heterocycles. The first-order valence-electron chi connectivity index (χ1n) is 5.26. The van der Waals surface area contributed by atoms with Gasteiger partial charge < -0.3 is 5.32 Å². The Morgan fingerprint density at radius 1 is 1.41 bits per heavy atom. The van der Waals surface area contributed by atoms with Crippen molar-refractivity contribution in [2.45, 2.75) is 6.92 Å². The van der Waals surface area contributed by atoms with Crippen LogP contribution in [0, 0.1) is 11.3 Å². The summed E-state index contributed by atoms with van der Waals surface area (Å²) >= 11 is 0. The van der Waals surface area contributed by atoms with Gasteiger partial charge in [-0.3, -0.25) is 4.98 Å². The minimum Gasteiger partial charge on any atom is -0.354 e. The molecule has 0 spiro atoms. The molecule has 2 aromatic rings. The van der Waals surface area contributed by atoms with Crippen LogP contribution in [0.15, 0.2) is 30.7 Å². The van der Waals surface area contributed by atoms with Gasteiger partial charge in [-0.2, -0.15) is 5.26 Å². The van der Waals surface area contributed by atoms with Crippen molar-refractivity contribution in [2.75, 3.05) is 11.9 Å². The predicted octanol–water partition coefficient (Wildman–Crippen LogP) is 1.84. The van der Waals surface area contributed by atoms with E-state index in [9.17, 15) is 0 Å². The van der Waals surface area contributed by atoms with E-state index in [-0.39, 0.29) is 0 Å². The van der Waals surface area contributed by atoms with E-state index in [1.54, 1.807) is 24.5 Å². The van der Waals surface area contributed by atoms with Crippen molar-refractivity contribution in [2.24, 2.45) is 0 Å². The van der Waals surface area contributed by atoms with Gasteiger partial charge in [0.25, 0.3) is 0 Å². The van der Waals surface area contributed by atoms with E-state index in [0.717, 1.165) is 17.8 Å². The molecule has 0 atom stereocenters. The first-order chi connectivity index (χ1) is 8.33. The van der Waals surface area contributed by atoms with Crippen LogP contribution in [0.25, 0.3) is 11.3 Å². The normalized spacial score (nSPS) is 9.65. The quantitative estimate of drug-likeness (QED) is 0.862. The Morgan fingerprint density at radius 3 is 3.06 bits per heavy atom. The van der Waals surface area contributed by atoms with Crippen molar-refractivity contribution in [3.8, 4) is 17.3 Å². The molecule has 0 aliphatic rings. The van der Waals surface area contributed by atoms with E-state index in [1.165, 1.54) is 6.20 Å². The smallest absolute Gasteiger partial charge is 0.223 e. The van der Waals surface area contributed by atoms with Crippen LogP contribution >= 0.6 is 0 Å². The average molecular weight is 225 g/mol. The van der Waals surface area contributed by atoms with Crippen molar-refractivity contribution >= 4 is 5.95 Å². The van der Waals surface area contributed by atoms with Gasteiger partial charge in [0.2, 0.25) is 5.95 Å². The van der Waals surface area contributed by atoms with Gasteiger partial charge in [-0.05, 0) is 19.1 Å². The molecule has 0 unspecified atom stereocenters. The topological polar surface area (TPSA) is 74.5 Å². The Kier molecular flexibility index (Phi) is 3.26. The van der Waals surface area contributed by atoms with Crippen molar-refractivity contribution in [1.82, 2.24) is 15.0 Å². The van der Waals surface area contributed by atoms with Crippen LogP contribution in [-0.4, -0.2) is 21.5 Å². The lowest BCUT2D eigenvalue weighted by Gasteiger charge is -2.04. The van der Waals surface area contributed by atoms with Gasteiger partial charge in [-0.15, -0.1) is 0 Å². The zero-order chi connectivity index (χ0) is 12.1. The Bertz CT molecular complexity index is 559. The molecular formula is C12H11N5. The summed E-state index contributed by atoms with van der Waals surface area (Å²) in [5, 5.41) is 11.9. The Hall–Kier alpha value is -2.48. The highest BCUT2D eigenvalue weighted by Crippen LogP contribution is 2.17. The lowest BCUT2D eigenvalue weighted by Crippen LogP contribution is -2.02. The Balaban J connectivity index is 2.39. The highest BCUT2D eigenvalue weighted by molar-refractivity contribution is 5.60. The molecule has 17 heavy (non-hydrogen) atoms. The monoisotopic (exact) mass is 225 g/mol. The van der Waals surface area contributed by atoms with E-state index in [1.807, 2.05) is 6.92 Å². The lowest BCUT2D eigenvalue weighted by atomic mass is 10.1. The highest BCUT2D eigenvalue weighted by atomic mass is 15.1. The SMILES string of the molecule is CCNc1nccc(-c2cncc(C#N)c2)n1. The van der Waals surface area contributed by atoms with Crippen LogP contribution in [-0.2, 0) is 0 Å². The molecule has 2 aromatic heterocycles. The summed E-state index contributed by atoms with van der Waals surface area (Å²) in [4.78, 5) is 12.4. The van der Waals surface area contributed by atoms with E-state index in [0.29, 0.717) is 11.5 Å². The maximum Gasteiger partial charge on any atom is 0.223 e. The third-order valence-corrected chi connectivity index (χ3v) is 2.15. The van der Waals surface area contributed by atoms with Crippen molar-refractivity contribution in [1.29, 1.82) is 5.26 Å². The Labute approximate surface area is 99.2 Å². The fraction of sp³-hybridized carbons (Fsp3) is 0.167. The summed E-state index contributed by atoms with van der Waals surface area (Å²) < 4.78 is 0. The average Bonchev–Trinajstić information content (AvgIpc) is 2.40. The molecule has 0 radical (unpaired) electrons. The van der Waals surface area contributed by atoms with Gasteiger partial charge in [-0.25, -0.2) is 9.97 Å². The van der Waals surface area contributed by atoms with Crippen molar-refractivity contribution < 1.29 is 0 Å². The summed E-state index contributed by atoms with van der Waals surface area (Å²) in [6.07, 6.45) is 4.88. The van der Waals surface area contributed by atoms with Crippen molar-refractivity contribution in [3.63, 3.8) is 0 Å². The van der Waals surface area contributed by atoms with E-state index in [2.05, 4.69) is 26.3 Å². The molecule has 0 bridgehead atoms. The molecule has 0 fully saturated rings. The number of rotatable bonds is 3. The van der Waals surface area contributed by atoms with Crippen LogP contribution in [0.2, 0.25) is 0 Å². The molecule has 5 heteroatoms. The fourth-order valence-electron chi connectivity index (χ4n) is 1.40. The number of hydrogen-bond acceptors (Lipinski definition) is 5. The van der Waals surface area contributed by atoms with Crippen LogP contribution in [0.1, 0.15) is 12.5 Å². The van der Waals surface area contributed by atoms with E-state index < -0.39 is 0 Å². The van der Waals surface area contributed by atoms with Gasteiger partial charge in [-0.1, -0.05) is 0 Å². The molecule has 0 amide bonds. The molecule has 5 nitrogen and oxygen atoms in total. The first-order valence-corrected chi connectivity index (χ1v) is 5.26. The summed E-state index contributed by atoms with van der Waals surface area (Å²) in [7, 11) is 0. The minimum atomic E-state index is 0.520. The molecule has 2 rings (SSSR count). The van der Waals surface area contributed by atoms with Gasteiger partial charge in [0, 0.05) is 30.7 Å². The molecule has 0 aliphatic carbocycles. The second-order valence-electron chi connectivity index (χ2n) is 3.37. The number of aromatic nitrogens is 3. The van der Waals surface area contributed by atoms with Gasteiger partial charge in [0.1, 0.15) is 6.07 Å². The number of nitrogens with one attached hydrogen (secondary N) is 1. The Morgan fingerprint density at radius 2 is 2.29 bits per heavy atom. The standard InChI is InChI=1S/C12H11N5/c1-2-15-12-16-4-3-11(17-12)10-5-9(6-13)7-14-8-10/h3-5,7-8H,2H2,1H3,(H,15,16,17). The minimum absolute atomic E-state index is 0.520. The lowest BCUT2D eigenvalue weighted by molar-refractivity contribution is 1.09. The molecule has 1 N–H and O–H groups in total. The zero-order valence-corrected chi connectivity index (χ0v) is 9.38. The van der Waals surface area contributed by atoms with Crippen molar-refractivity contribution in [3.05, 3.63) is 36.3 Å². The van der Waals surface area contributed by atoms with E-state index in [4.69, 9.17) is 5.26 Å².